The summed E-state index contributed by atoms with van der Waals surface area (Å²) in [6, 6.07) is 14.3. The molecule has 2 aromatic rings. The summed E-state index contributed by atoms with van der Waals surface area (Å²) in [7, 11) is 4.36. The minimum atomic E-state index is -1.83. The van der Waals surface area contributed by atoms with Crippen molar-refractivity contribution in [3.63, 3.8) is 0 Å². The molecule has 2 amide bonds. The van der Waals surface area contributed by atoms with Gasteiger partial charge in [0.1, 0.15) is 6.61 Å². The highest BCUT2D eigenvalue weighted by molar-refractivity contribution is 6.14. The van der Waals surface area contributed by atoms with E-state index in [4.69, 9.17) is 4.74 Å². The SMILES string of the molecule is CNC(=O)[C@@](C)(C(=O)CO)N(C)C(=O)c1ccc(C#Cc2ccc(COC)cc2)cc1. The Kier molecular flexibility index (Phi) is 8.08. The molecule has 7 heteroatoms. The number of ether oxygens (including phenoxy) is 1. The summed E-state index contributed by atoms with van der Waals surface area (Å²) >= 11 is 0. The molecule has 0 saturated heterocycles. The minimum absolute atomic E-state index is 0.290. The molecule has 2 N–H and O–H groups in total. The van der Waals surface area contributed by atoms with Crippen molar-refractivity contribution in [2.75, 3.05) is 27.8 Å². The quantitative estimate of drug-likeness (QED) is 0.519. The summed E-state index contributed by atoms with van der Waals surface area (Å²) in [5, 5.41) is 11.6. The van der Waals surface area contributed by atoms with E-state index >= 15 is 0 Å². The summed E-state index contributed by atoms with van der Waals surface area (Å²) in [4.78, 5) is 38.4. The van der Waals surface area contributed by atoms with Crippen LogP contribution in [-0.4, -0.2) is 61.0 Å². The van der Waals surface area contributed by atoms with Crippen LogP contribution in [0.4, 0.5) is 0 Å². The lowest BCUT2D eigenvalue weighted by molar-refractivity contribution is -0.143. The van der Waals surface area contributed by atoms with E-state index in [0.717, 1.165) is 16.0 Å². The van der Waals surface area contributed by atoms with Crippen LogP contribution >= 0.6 is 0 Å². The van der Waals surface area contributed by atoms with Gasteiger partial charge in [-0.1, -0.05) is 24.0 Å². The number of nitrogens with one attached hydrogen (secondary N) is 1. The smallest absolute Gasteiger partial charge is 0.254 e. The molecule has 0 spiro atoms. The number of carbonyl (C=O) groups is 3. The zero-order valence-corrected chi connectivity index (χ0v) is 18.1. The third-order valence-electron chi connectivity index (χ3n) is 5.08. The number of hydrogen-bond donors (Lipinski definition) is 2. The first-order valence-corrected chi connectivity index (χ1v) is 9.62. The van der Waals surface area contributed by atoms with Crippen molar-refractivity contribution in [2.24, 2.45) is 0 Å². The van der Waals surface area contributed by atoms with Gasteiger partial charge in [-0.05, 0) is 48.9 Å². The molecular formula is C24H26N2O5. The Morgan fingerprint density at radius 3 is 2.00 bits per heavy atom. The molecule has 0 unspecified atom stereocenters. The summed E-state index contributed by atoms with van der Waals surface area (Å²) < 4.78 is 5.08. The summed E-state index contributed by atoms with van der Waals surface area (Å²) in [5.41, 5.74) is 1.08. The normalized spacial score (nSPS) is 12.2. The van der Waals surface area contributed by atoms with Gasteiger partial charge in [0.25, 0.3) is 11.8 Å². The van der Waals surface area contributed by atoms with Crippen molar-refractivity contribution < 1.29 is 24.2 Å². The summed E-state index contributed by atoms with van der Waals surface area (Å²) in [6.07, 6.45) is 0. The van der Waals surface area contributed by atoms with Gasteiger partial charge in [0.2, 0.25) is 0 Å². The van der Waals surface area contributed by atoms with Gasteiger partial charge in [-0.25, -0.2) is 0 Å². The van der Waals surface area contributed by atoms with Crippen molar-refractivity contribution in [2.45, 2.75) is 19.1 Å². The number of benzene rings is 2. The molecule has 0 aromatic heterocycles. The van der Waals surface area contributed by atoms with Crippen LogP contribution in [0.5, 0.6) is 0 Å². The maximum atomic E-state index is 12.9. The van der Waals surface area contributed by atoms with E-state index in [-0.39, 0.29) is 5.56 Å². The molecule has 0 saturated carbocycles. The first-order valence-electron chi connectivity index (χ1n) is 9.62. The molecular weight excluding hydrogens is 396 g/mol. The Bertz CT molecular complexity index is 985. The Hall–Kier alpha value is -3.47. The maximum absolute atomic E-state index is 12.9. The predicted octanol–water partition coefficient (Wildman–Crippen LogP) is 1.37. The number of ketones is 1. The number of Topliss-reactive ketones (excluding diaryl/α,β-unsaturated/α-hetero) is 1. The zero-order valence-electron chi connectivity index (χ0n) is 18.1. The molecule has 0 radical (unpaired) electrons. The topological polar surface area (TPSA) is 95.9 Å². The second kappa shape index (κ2) is 10.5. The average Bonchev–Trinajstić information content (AvgIpc) is 2.81. The summed E-state index contributed by atoms with van der Waals surface area (Å²) in [6.45, 7) is 0.989. The molecule has 0 aliphatic rings. The number of amides is 2. The Morgan fingerprint density at radius 1 is 1.03 bits per heavy atom. The molecule has 2 rings (SSSR count). The van der Waals surface area contributed by atoms with Crippen LogP contribution in [-0.2, 0) is 20.9 Å². The van der Waals surface area contributed by atoms with Crippen LogP contribution in [0.1, 0.15) is 34.0 Å². The molecule has 0 fully saturated rings. The minimum Gasteiger partial charge on any atom is -0.388 e. The second-order valence-corrected chi connectivity index (χ2v) is 7.05. The van der Waals surface area contributed by atoms with Gasteiger partial charge in [0.05, 0.1) is 6.61 Å². The van der Waals surface area contributed by atoms with Crippen LogP contribution in [0.2, 0.25) is 0 Å². The molecule has 0 aliphatic carbocycles. The number of aliphatic hydroxyl groups is 1. The molecule has 0 aliphatic heterocycles. The van der Waals surface area contributed by atoms with Crippen LogP contribution in [0, 0.1) is 11.8 Å². The molecule has 2 aromatic carbocycles. The van der Waals surface area contributed by atoms with Crippen molar-refractivity contribution in [1.82, 2.24) is 10.2 Å². The van der Waals surface area contributed by atoms with E-state index in [1.54, 1.807) is 31.4 Å². The van der Waals surface area contributed by atoms with Gasteiger partial charge in [-0.3, -0.25) is 14.4 Å². The molecule has 7 nitrogen and oxygen atoms in total. The van der Waals surface area contributed by atoms with E-state index in [2.05, 4.69) is 17.2 Å². The highest BCUT2D eigenvalue weighted by atomic mass is 16.5. The predicted molar refractivity (Wildman–Crippen MR) is 116 cm³/mol. The highest BCUT2D eigenvalue weighted by Gasteiger charge is 2.46. The third-order valence-corrected chi connectivity index (χ3v) is 5.08. The van der Waals surface area contributed by atoms with Crippen molar-refractivity contribution in [3.8, 4) is 11.8 Å². The number of nitrogens with zero attached hydrogens (tertiary/aromatic N) is 1. The summed E-state index contributed by atoms with van der Waals surface area (Å²) in [5.74, 6) is 4.11. The number of likely N-dealkylation sites (N-methyl/N-ethyl adjacent to an activating group) is 2. The number of aliphatic hydroxyl groups excluding tert-OH is 1. The van der Waals surface area contributed by atoms with E-state index in [9.17, 15) is 19.5 Å². The average molecular weight is 422 g/mol. The number of hydrogen-bond acceptors (Lipinski definition) is 5. The lowest BCUT2D eigenvalue weighted by atomic mass is 9.92. The van der Waals surface area contributed by atoms with E-state index < -0.39 is 29.7 Å². The monoisotopic (exact) mass is 422 g/mol. The highest BCUT2D eigenvalue weighted by Crippen LogP contribution is 2.19. The zero-order chi connectivity index (χ0) is 23.0. The van der Waals surface area contributed by atoms with Crippen molar-refractivity contribution >= 4 is 17.6 Å². The number of methoxy groups -OCH3 is 1. The van der Waals surface area contributed by atoms with Gasteiger partial charge < -0.3 is 20.1 Å². The first kappa shape index (κ1) is 23.8. The third kappa shape index (κ3) is 5.37. The molecule has 162 valence electrons. The molecule has 0 heterocycles. The fourth-order valence-corrected chi connectivity index (χ4v) is 2.95. The van der Waals surface area contributed by atoms with E-state index in [1.165, 1.54) is 21.0 Å². The number of rotatable bonds is 7. The lowest BCUT2D eigenvalue weighted by Gasteiger charge is -2.35. The lowest BCUT2D eigenvalue weighted by Crippen LogP contribution is -2.62. The van der Waals surface area contributed by atoms with Gasteiger partial charge in [0, 0.05) is 37.9 Å². The van der Waals surface area contributed by atoms with Gasteiger partial charge >= 0.3 is 0 Å². The molecule has 1 atom stereocenters. The van der Waals surface area contributed by atoms with Gasteiger partial charge in [-0.2, -0.15) is 0 Å². The van der Waals surface area contributed by atoms with Gasteiger partial charge in [0.15, 0.2) is 11.3 Å². The Balaban J connectivity index is 2.20. The van der Waals surface area contributed by atoms with E-state index in [0.29, 0.717) is 12.2 Å². The Morgan fingerprint density at radius 2 is 1.55 bits per heavy atom. The number of carbonyl (C=O) groups excluding carboxylic acids is 3. The van der Waals surface area contributed by atoms with Crippen LogP contribution in [0.25, 0.3) is 0 Å². The standard InChI is InChI=1S/C24H26N2O5/c1-24(21(28)15-27,23(30)25-2)26(3)22(29)20-13-11-18(12-14-20)6-5-17-7-9-19(10-8-17)16-31-4/h7-14,27H,15-16H2,1-4H3,(H,25,30)/t24-/m1/s1. The fourth-order valence-electron chi connectivity index (χ4n) is 2.95. The van der Waals surface area contributed by atoms with E-state index in [1.807, 2.05) is 24.3 Å². The van der Waals surface area contributed by atoms with Crippen LogP contribution in [0.3, 0.4) is 0 Å². The molecule has 0 bridgehead atoms. The van der Waals surface area contributed by atoms with Crippen molar-refractivity contribution in [1.29, 1.82) is 0 Å². The van der Waals surface area contributed by atoms with Crippen LogP contribution in [0.15, 0.2) is 48.5 Å². The first-order chi connectivity index (χ1) is 14.8. The van der Waals surface area contributed by atoms with Crippen LogP contribution < -0.4 is 5.32 Å². The second-order valence-electron chi connectivity index (χ2n) is 7.05. The maximum Gasteiger partial charge on any atom is 0.254 e. The molecule has 31 heavy (non-hydrogen) atoms. The Labute approximate surface area is 182 Å². The van der Waals surface area contributed by atoms with Crippen molar-refractivity contribution in [3.05, 3.63) is 70.8 Å². The van der Waals surface area contributed by atoms with Gasteiger partial charge in [-0.15, -0.1) is 0 Å². The largest absolute Gasteiger partial charge is 0.388 e. The fraction of sp³-hybridized carbons (Fsp3) is 0.292.